The molecule has 0 saturated carbocycles. The van der Waals surface area contributed by atoms with Gasteiger partial charge in [0.25, 0.3) is 10.0 Å². The molecule has 0 bridgehead atoms. The van der Waals surface area contributed by atoms with Crippen molar-refractivity contribution < 1.29 is 8.42 Å². The van der Waals surface area contributed by atoms with Crippen molar-refractivity contribution in [1.82, 2.24) is 0 Å². The zero-order chi connectivity index (χ0) is 15.6. The van der Waals surface area contributed by atoms with Gasteiger partial charge in [-0.15, -0.1) is 0 Å². The van der Waals surface area contributed by atoms with Crippen molar-refractivity contribution in [3.8, 4) is 0 Å². The topological polar surface area (TPSA) is 72.2 Å². The monoisotopic (exact) mass is 452 g/mol. The third kappa shape index (κ3) is 3.98. The predicted octanol–water partition coefficient (Wildman–Crippen LogP) is 4.12. The molecule has 0 saturated heterocycles. The quantitative estimate of drug-likeness (QED) is 0.730. The number of rotatable bonds is 4. The van der Waals surface area contributed by atoms with Gasteiger partial charge in [-0.1, -0.05) is 33.6 Å². The third-order valence-electron chi connectivity index (χ3n) is 2.69. The molecule has 2 aromatic carbocycles. The summed E-state index contributed by atoms with van der Waals surface area (Å²) in [6, 6.07) is 9.87. The van der Waals surface area contributed by atoms with Crippen LogP contribution in [0.4, 0.5) is 5.69 Å². The van der Waals surface area contributed by atoms with Crippen LogP contribution in [0.5, 0.6) is 0 Å². The third-order valence-corrected chi connectivity index (χ3v) is 5.73. The Morgan fingerprint density at radius 1 is 1.14 bits per heavy atom. The number of nitrogens with one attached hydrogen (secondary N) is 1. The Hall–Kier alpha value is -0.600. The molecule has 0 radical (unpaired) electrons. The normalized spacial score (nSPS) is 11.4. The summed E-state index contributed by atoms with van der Waals surface area (Å²) in [5.74, 6) is 0. The maximum atomic E-state index is 12.5. The summed E-state index contributed by atoms with van der Waals surface area (Å²) in [5, 5.41) is 0.144. The lowest BCUT2D eigenvalue weighted by atomic mass is 10.2. The fourth-order valence-electron chi connectivity index (χ4n) is 1.66. The number of hydrogen-bond acceptors (Lipinski definition) is 3. The van der Waals surface area contributed by atoms with Crippen LogP contribution in [0, 0.1) is 0 Å². The molecule has 0 spiro atoms. The second kappa shape index (κ2) is 6.66. The molecule has 0 aliphatic carbocycles. The maximum Gasteiger partial charge on any atom is 0.263 e. The SMILES string of the molecule is NCc1ccc(Cl)c(S(=O)(=O)Nc2cc(Br)ccc2Br)c1. The number of hydrogen-bond donors (Lipinski definition) is 2. The van der Waals surface area contributed by atoms with E-state index < -0.39 is 10.0 Å². The summed E-state index contributed by atoms with van der Waals surface area (Å²) < 4.78 is 28.8. The molecule has 3 N–H and O–H groups in total. The van der Waals surface area contributed by atoms with Crippen molar-refractivity contribution in [2.75, 3.05) is 4.72 Å². The maximum absolute atomic E-state index is 12.5. The number of halogens is 3. The molecule has 0 fully saturated rings. The van der Waals surface area contributed by atoms with Gasteiger partial charge in [0.2, 0.25) is 0 Å². The van der Waals surface area contributed by atoms with Gasteiger partial charge in [0, 0.05) is 15.5 Å². The van der Waals surface area contributed by atoms with E-state index in [-0.39, 0.29) is 16.5 Å². The van der Waals surface area contributed by atoms with Crippen LogP contribution < -0.4 is 10.5 Å². The standard InChI is InChI=1S/C13H11Br2ClN2O2S/c14-9-2-3-10(15)12(6-9)18-21(19,20)13-5-8(7-17)1-4-11(13)16/h1-6,18H,7,17H2. The van der Waals surface area contributed by atoms with Crippen molar-refractivity contribution >= 4 is 59.2 Å². The zero-order valence-electron chi connectivity index (χ0n) is 10.6. The van der Waals surface area contributed by atoms with Gasteiger partial charge in [-0.2, -0.15) is 0 Å². The first-order valence-corrected chi connectivity index (χ1v) is 9.24. The molecule has 2 aromatic rings. The first kappa shape index (κ1) is 16.8. The van der Waals surface area contributed by atoms with Crippen LogP contribution in [0.2, 0.25) is 5.02 Å². The summed E-state index contributed by atoms with van der Waals surface area (Å²) in [6.07, 6.45) is 0. The fraction of sp³-hybridized carbons (Fsp3) is 0.0769. The van der Waals surface area contributed by atoms with E-state index in [4.69, 9.17) is 17.3 Å². The average molecular weight is 455 g/mol. The minimum atomic E-state index is -3.80. The van der Waals surface area contributed by atoms with Gasteiger partial charge in [-0.25, -0.2) is 8.42 Å². The molecule has 0 heterocycles. The Labute approximate surface area is 145 Å². The molecule has 4 nitrogen and oxygen atoms in total. The van der Waals surface area contributed by atoms with Crippen LogP contribution >= 0.6 is 43.5 Å². The smallest absolute Gasteiger partial charge is 0.263 e. The first-order valence-electron chi connectivity index (χ1n) is 5.80. The number of benzene rings is 2. The molecule has 0 unspecified atom stereocenters. The van der Waals surface area contributed by atoms with Gasteiger partial charge < -0.3 is 5.73 Å². The van der Waals surface area contributed by atoms with Gasteiger partial charge in [0.1, 0.15) is 4.90 Å². The van der Waals surface area contributed by atoms with Gasteiger partial charge in [0.15, 0.2) is 0 Å². The summed E-state index contributed by atoms with van der Waals surface area (Å²) in [4.78, 5) is -0.000933. The van der Waals surface area contributed by atoms with E-state index >= 15 is 0 Å². The number of nitrogens with two attached hydrogens (primary N) is 1. The Kier molecular flexibility index (Phi) is 5.32. The lowest BCUT2D eigenvalue weighted by Crippen LogP contribution is -2.14. The van der Waals surface area contributed by atoms with E-state index in [9.17, 15) is 8.42 Å². The van der Waals surface area contributed by atoms with Crippen molar-refractivity contribution in [2.45, 2.75) is 11.4 Å². The Morgan fingerprint density at radius 3 is 2.52 bits per heavy atom. The van der Waals surface area contributed by atoms with Gasteiger partial charge in [-0.05, 0) is 51.8 Å². The molecule has 0 aliphatic heterocycles. The first-order chi connectivity index (χ1) is 9.83. The lowest BCUT2D eigenvalue weighted by Gasteiger charge is -2.12. The molecule has 0 aromatic heterocycles. The minimum absolute atomic E-state index is 0.000933. The minimum Gasteiger partial charge on any atom is -0.326 e. The summed E-state index contributed by atoms with van der Waals surface area (Å²) in [7, 11) is -3.80. The summed E-state index contributed by atoms with van der Waals surface area (Å²) in [5.41, 5.74) is 6.64. The molecule has 0 amide bonds. The highest BCUT2D eigenvalue weighted by atomic mass is 79.9. The molecule has 112 valence electrons. The van der Waals surface area contributed by atoms with E-state index in [0.717, 1.165) is 4.47 Å². The molecule has 0 atom stereocenters. The van der Waals surface area contributed by atoms with Gasteiger partial charge in [0.05, 0.1) is 10.7 Å². The van der Waals surface area contributed by atoms with Gasteiger partial charge >= 0.3 is 0 Å². The highest BCUT2D eigenvalue weighted by Crippen LogP contribution is 2.30. The van der Waals surface area contributed by atoms with Crippen molar-refractivity contribution in [3.63, 3.8) is 0 Å². The molecular weight excluding hydrogens is 443 g/mol. The van der Waals surface area contributed by atoms with Gasteiger partial charge in [-0.3, -0.25) is 4.72 Å². The Bertz CT molecular complexity index is 782. The van der Waals surface area contributed by atoms with E-state index in [1.165, 1.54) is 12.1 Å². The van der Waals surface area contributed by atoms with Crippen LogP contribution in [-0.2, 0) is 16.6 Å². The summed E-state index contributed by atoms with van der Waals surface area (Å²) in [6.45, 7) is 0.236. The second-order valence-corrected chi connectivity index (χ2v) is 8.03. The average Bonchev–Trinajstić information content (AvgIpc) is 2.43. The zero-order valence-corrected chi connectivity index (χ0v) is 15.4. The van der Waals surface area contributed by atoms with E-state index in [1.54, 1.807) is 24.3 Å². The fourth-order valence-corrected chi connectivity index (χ4v) is 4.12. The Balaban J connectivity index is 2.45. The molecule has 2 rings (SSSR count). The van der Waals surface area contributed by atoms with E-state index in [1.807, 2.05) is 0 Å². The van der Waals surface area contributed by atoms with Crippen molar-refractivity contribution in [1.29, 1.82) is 0 Å². The van der Waals surface area contributed by atoms with Crippen LogP contribution in [-0.4, -0.2) is 8.42 Å². The largest absolute Gasteiger partial charge is 0.326 e. The Morgan fingerprint density at radius 2 is 1.86 bits per heavy atom. The summed E-state index contributed by atoms with van der Waals surface area (Å²) >= 11 is 12.6. The van der Waals surface area contributed by atoms with Crippen LogP contribution in [0.1, 0.15) is 5.56 Å². The van der Waals surface area contributed by atoms with Crippen LogP contribution in [0.25, 0.3) is 0 Å². The van der Waals surface area contributed by atoms with Crippen molar-refractivity contribution in [3.05, 3.63) is 55.9 Å². The molecule has 0 aliphatic rings. The van der Waals surface area contributed by atoms with E-state index in [0.29, 0.717) is 15.7 Å². The van der Waals surface area contributed by atoms with Crippen LogP contribution in [0.3, 0.4) is 0 Å². The molecule has 21 heavy (non-hydrogen) atoms. The highest BCUT2D eigenvalue weighted by molar-refractivity contribution is 9.11. The van der Waals surface area contributed by atoms with E-state index in [2.05, 4.69) is 36.6 Å². The highest BCUT2D eigenvalue weighted by Gasteiger charge is 2.19. The second-order valence-electron chi connectivity index (χ2n) is 4.20. The molecule has 8 heteroatoms. The van der Waals surface area contributed by atoms with Crippen LogP contribution in [0.15, 0.2) is 50.2 Å². The number of sulfonamides is 1. The number of anilines is 1. The lowest BCUT2D eigenvalue weighted by molar-refractivity contribution is 0.601. The predicted molar refractivity (Wildman–Crippen MR) is 92.0 cm³/mol. The molecular formula is C13H11Br2ClN2O2S. The van der Waals surface area contributed by atoms with Crippen molar-refractivity contribution in [2.24, 2.45) is 5.73 Å².